The largest absolute Gasteiger partial charge is 0.394 e. The van der Waals surface area contributed by atoms with E-state index in [1.165, 1.54) is 18.0 Å². The van der Waals surface area contributed by atoms with Gasteiger partial charge in [-0.1, -0.05) is 10.4 Å². The van der Waals surface area contributed by atoms with Crippen molar-refractivity contribution in [1.29, 1.82) is 0 Å². The van der Waals surface area contributed by atoms with Gasteiger partial charge in [-0.15, -0.1) is 5.10 Å². The molecule has 0 radical (unpaired) electrons. The van der Waals surface area contributed by atoms with Crippen LogP contribution in [0.4, 0.5) is 13.2 Å². The number of rotatable bonds is 7. The number of nitrogens with zero attached hydrogens (tertiary/aromatic N) is 4. The van der Waals surface area contributed by atoms with E-state index in [1.807, 2.05) is 0 Å². The molecule has 2 aromatic heterocycles. The van der Waals surface area contributed by atoms with Gasteiger partial charge in [0.15, 0.2) is 23.2 Å². The van der Waals surface area contributed by atoms with E-state index in [-0.39, 0.29) is 17.7 Å². The number of hydrogen-bond acceptors (Lipinski definition) is 9. The van der Waals surface area contributed by atoms with Gasteiger partial charge in [0.25, 0.3) is 0 Å². The first kappa shape index (κ1) is 24.8. The van der Waals surface area contributed by atoms with Crippen molar-refractivity contribution in [2.75, 3.05) is 13.7 Å². The Labute approximate surface area is 203 Å². The summed E-state index contributed by atoms with van der Waals surface area (Å²) in [6, 6.07) is 2.32. The van der Waals surface area contributed by atoms with E-state index in [0.717, 1.165) is 18.6 Å². The van der Waals surface area contributed by atoms with Crippen molar-refractivity contribution >= 4 is 0 Å². The minimum absolute atomic E-state index is 0.0355. The Hall–Kier alpha value is -2.84. The maximum atomic E-state index is 13.7. The summed E-state index contributed by atoms with van der Waals surface area (Å²) in [5, 5.41) is 43.2. The van der Waals surface area contributed by atoms with Crippen molar-refractivity contribution in [3.8, 4) is 11.3 Å². The number of hydrogen-bond donors (Lipinski definition) is 3. The molecular weight excluding hydrogens is 485 g/mol. The molecule has 3 aromatic rings. The lowest BCUT2D eigenvalue weighted by molar-refractivity contribution is -0.212. The molecule has 3 heterocycles. The summed E-state index contributed by atoms with van der Waals surface area (Å²) in [4.78, 5) is 0. The number of methoxy groups -OCH3 is 1. The molecule has 0 amide bonds. The third kappa shape index (κ3) is 4.30. The van der Waals surface area contributed by atoms with Crippen molar-refractivity contribution in [2.45, 2.75) is 61.7 Å². The van der Waals surface area contributed by atoms with Crippen LogP contribution in [-0.2, 0) is 21.5 Å². The van der Waals surface area contributed by atoms with E-state index in [0.29, 0.717) is 24.3 Å². The zero-order valence-corrected chi connectivity index (χ0v) is 19.2. The van der Waals surface area contributed by atoms with E-state index in [1.54, 1.807) is 6.07 Å². The molecule has 0 spiro atoms. The SMILES string of the molecule is CO[C@@H]1[C@@H](n2cc(-c3cc(F)c(F)c(F)c3)nn2)[C@@H](O)[C@@H](CO)O[C@@H]1Cc1cc(C2(O)CCC2)on1. The van der Waals surface area contributed by atoms with Crippen molar-refractivity contribution < 1.29 is 42.5 Å². The van der Waals surface area contributed by atoms with Crippen LogP contribution in [0, 0.1) is 17.5 Å². The molecule has 5 atom stereocenters. The van der Waals surface area contributed by atoms with Gasteiger partial charge in [-0.25, -0.2) is 17.9 Å². The van der Waals surface area contributed by atoms with Gasteiger partial charge in [-0.2, -0.15) is 0 Å². The van der Waals surface area contributed by atoms with E-state index in [4.69, 9.17) is 14.0 Å². The Bertz CT molecular complexity index is 1210. The molecular formula is C23H25F3N4O6. The maximum absolute atomic E-state index is 13.7. The molecule has 1 aromatic carbocycles. The highest BCUT2D eigenvalue weighted by Gasteiger charge is 2.47. The number of aliphatic hydroxyl groups is 3. The minimum Gasteiger partial charge on any atom is -0.394 e. The second-order valence-corrected chi connectivity index (χ2v) is 9.19. The van der Waals surface area contributed by atoms with Gasteiger partial charge in [-0.3, -0.25) is 0 Å². The molecule has 13 heteroatoms. The molecule has 1 aliphatic heterocycles. The molecule has 0 bridgehead atoms. The maximum Gasteiger partial charge on any atom is 0.194 e. The first-order valence-electron chi connectivity index (χ1n) is 11.5. The normalized spacial score (nSPS) is 27.7. The third-order valence-corrected chi connectivity index (χ3v) is 6.94. The van der Waals surface area contributed by atoms with Crippen molar-refractivity contribution in [1.82, 2.24) is 20.2 Å². The number of halogens is 3. The molecule has 10 nitrogen and oxygen atoms in total. The van der Waals surface area contributed by atoms with Gasteiger partial charge < -0.3 is 29.3 Å². The van der Waals surface area contributed by atoms with E-state index in [9.17, 15) is 28.5 Å². The standard InChI is InChI=1S/C23H25F3N4O6/c1-34-22-16(7-12-8-18(36-28-12)23(33)3-2-4-23)35-17(10-31)21(32)20(22)30-9-15(27-29-30)11-5-13(24)19(26)14(25)6-11/h5-6,8-9,16-17,20-22,31-33H,2-4,7,10H2,1H3/t16-,17-,20+,21+,22+/m1/s1. The Morgan fingerprint density at radius 1 is 1.17 bits per heavy atom. The van der Waals surface area contributed by atoms with Gasteiger partial charge in [0.05, 0.1) is 24.6 Å². The second-order valence-electron chi connectivity index (χ2n) is 9.19. The van der Waals surface area contributed by atoms with Crippen LogP contribution >= 0.6 is 0 Å². The van der Waals surface area contributed by atoms with Crippen LogP contribution in [-0.4, -0.2) is 73.6 Å². The van der Waals surface area contributed by atoms with Crippen LogP contribution in [0.3, 0.4) is 0 Å². The predicted molar refractivity (Wildman–Crippen MR) is 115 cm³/mol. The highest BCUT2D eigenvalue weighted by Crippen LogP contribution is 2.41. The highest BCUT2D eigenvalue weighted by molar-refractivity contribution is 5.57. The van der Waals surface area contributed by atoms with Crippen LogP contribution in [0.25, 0.3) is 11.3 Å². The molecule has 1 saturated carbocycles. The van der Waals surface area contributed by atoms with Crippen molar-refractivity contribution in [2.24, 2.45) is 0 Å². The minimum atomic E-state index is -1.60. The van der Waals surface area contributed by atoms with Crippen LogP contribution < -0.4 is 0 Å². The fourth-order valence-electron chi connectivity index (χ4n) is 4.78. The van der Waals surface area contributed by atoms with Gasteiger partial charge in [0.1, 0.15) is 35.6 Å². The number of aliphatic hydroxyl groups excluding tert-OH is 2. The smallest absolute Gasteiger partial charge is 0.194 e. The predicted octanol–water partition coefficient (Wildman–Crippen LogP) is 1.64. The lowest BCUT2D eigenvalue weighted by Crippen LogP contribution is -2.57. The van der Waals surface area contributed by atoms with E-state index in [2.05, 4.69) is 15.5 Å². The van der Waals surface area contributed by atoms with E-state index < -0.39 is 60.1 Å². The van der Waals surface area contributed by atoms with Crippen molar-refractivity contribution in [3.63, 3.8) is 0 Å². The quantitative estimate of drug-likeness (QED) is 0.405. The fraction of sp³-hybridized carbons (Fsp3) is 0.522. The Balaban J connectivity index is 1.42. The average Bonchev–Trinajstić information content (AvgIpc) is 3.51. The summed E-state index contributed by atoms with van der Waals surface area (Å²) in [6.07, 6.45) is -0.263. The molecule has 0 unspecified atom stereocenters. The summed E-state index contributed by atoms with van der Waals surface area (Å²) in [7, 11) is 1.41. The highest BCUT2D eigenvalue weighted by atomic mass is 19.2. The van der Waals surface area contributed by atoms with Crippen LogP contribution in [0.2, 0.25) is 0 Å². The molecule has 2 aliphatic rings. The van der Waals surface area contributed by atoms with Crippen LogP contribution in [0.15, 0.2) is 28.9 Å². The molecule has 1 aliphatic carbocycles. The molecule has 2 fully saturated rings. The number of benzene rings is 1. The van der Waals surface area contributed by atoms with Crippen LogP contribution in [0.1, 0.15) is 36.8 Å². The molecule has 3 N–H and O–H groups in total. The molecule has 5 rings (SSSR count). The van der Waals surface area contributed by atoms with Crippen LogP contribution in [0.5, 0.6) is 0 Å². The Morgan fingerprint density at radius 2 is 1.89 bits per heavy atom. The monoisotopic (exact) mass is 510 g/mol. The number of ether oxygens (including phenoxy) is 2. The summed E-state index contributed by atoms with van der Waals surface area (Å²) in [5.74, 6) is -3.98. The molecule has 36 heavy (non-hydrogen) atoms. The zero-order valence-electron chi connectivity index (χ0n) is 19.2. The lowest BCUT2D eigenvalue weighted by atomic mass is 9.78. The van der Waals surface area contributed by atoms with Gasteiger partial charge in [0, 0.05) is 25.2 Å². The average molecular weight is 510 g/mol. The van der Waals surface area contributed by atoms with Gasteiger partial charge in [-0.05, 0) is 31.4 Å². The summed E-state index contributed by atoms with van der Waals surface area (Å²) >= 11 is 0. The Kier molecular flexibility index (Phi) is 6.59. The fourth-order valence-corrected chi connectivity index (χ4v) is 4.78. The Morgan fingerprint density at radius 3 is 2.50 bits per heavy atom. The third-order valence-electron chi connectivity index (χ3n) is 6.94. The first-order chi connectivity index (χ1) is 17.2. The van der Waals surface area contributed by atoms with Gasteiger partial charge >= 0.3 is 0 Å². The summed E-state index contributed by atoms with van der Waals surface area (Å²) in [5.41, 5.74) is -0.552. The zero-order chi connectivity index (χ0) is 25.6. The molecule has 194 valence electrons. The van der Waals surface area contributed by atoms with E-state index >= 15 is 0 Å². The molecule has 1 saturated heterocycles. The lowest BCUT2D eigenvalue weighted by Gasteiger charge is -2.43. The number of aromatic nitrogens is 4. The van der Waals surface area contributed by atoms with Crippen molar-refractivity contribution in [3.05, 3.63) is 53.3 Å². The summed E-state index contributed by atoms with van der Waals surface area (Å²) < 4.78 is 59.0. The topological polar surface area (TPSA) is 136 Å². The second kappa shape index (κ2) is 9.56. The first-order valence-corrected chi connectivity index (χ1v) is 11.5. The van der Waals surface area contributed by atoms with Gasteiger partial charge in [0.2, 0.25) is 0 Å². The summed E-state index contributed by atoms with van der Waals surface area (Å²) in [6.45, 7) is -0.510.